The standard InChI is InChI=1S/C20H17ClFN3O3/c21-15-9-12(22)3-5-14(15)19(27)23-8-7-18(26)24-13-4-6-17-16(10-13)25-20(28-17)11-1-2-11/h3-6,9-11H,1-2,7-8H2,(H,23,27)(H,24,26). The maximum absolute atomic E-state index is 13.0. The molecular weight excluding hydrogens is 385 g/mol. The lowest BCUT2D eigenvalue weighted by molar-refractivity contribution is -0.116. The third kappa shape index (κ3) is 4.14. The molecule has 0 unspecified atom stereocenters. The van der Waals surface area contributed by atoms with E-state index in [1.54, 1.807) is 18.2 Å². The van der Waals surface area contributed by atoms with E-state index in [1.807, 2.05) is 0 Å². The van der Waals surface area contributed by atoms with Crippen molar-refractivity contribution in [2.24, 2.45) is 0 Å². The summed E-state index contributed by atoms with van der Waals surface area (Å²) in [4.78, 5) is 28.6. The highest BCUT2D eigenvalue weighted by atomic mass is 35.5. The van der Waals surface area contributed by atoms with Crippen molar-refractivity contribution >= 4 is 40.2 Å². The number of hydrogen-bond acceptors (Lipinski definition) is 4. The molecule has 0 radical (unpaired) electrons. The number of nitrogens with zero attached hydrogens (tertiary/aromatic N) is 1. The van der Waals surface area contributed by atoms with E-state index in [2.05, 4.69) is 15.6 Å². The van der Waals surface area contributed by atoms with E-state index in [-0.39, 0.29) is 29.5 Å². The Bertz CT molecular complexity index is 1060. The van der Waals surface area contributed by atoms with Gasteiger partial charge in [0.15, 0.2) is 11.5 Å². The van der Waals surface area contributed by atoms with E-state index >= 15 is 0 Å². The van der Waals surface area contributed by atoms with Gasteiger partial charge in [-0.25, -0.2) is 9.37 Å². The minimum absolute atomic E-state index is 0.0217. The molecule has 0 saturated heterocycles. The monoisotopic (exact) mass is 401 g/mol. The van der Waals surface area contributed by atoms with Crippen molar-refractivity contribution in [3.63, 3.8) is 0 Å². The van der Waals surface area contributed by atoms with Crippen LogP contribution in [0.4, 0.5) is 10.1 Å². The third-order valence-electron chi connectivity index (χ3n) is 4.43. The third-order valence-corrected chi connectivity index (χ3v) is 4.74. The molecule has 1 aliphatic rings. The molecule has 1 fully saturated rings. The fourth-order valence-corrected chi connectivity index (χ4v) is 3.06. The number of carbonyl (C=O) groups is 2. The van der Waals surface area contributed by atoms with E-state index < -0.39 is 11.7 Å². The minimum Gasteiger partial charge on any atom is -0.440 e. The van der Waals surface area contributed by atoms with Crippen LogP contribution in [-0.2, 0) is 4.79 Å². The molecule has 0 aliphatic heterocycles. The first kappa shape index (κ1) is 18.4. The Hall–Kier alpha value is -2.93. The molecule has 3 aromatic rings. The molecule has 2 aromatic carbocycles. The summed E-state index contributed by atoms with van der Waals surface area (Å²) < 4.78 is 18.7. The molecule has 2 amide bonds. The van der Waals surface area contributed by atoms with Gasteiger partial charge >= 0.3 is 0 Å². The predicted octanol–water partition coefficient (Wildman–Crippen LogP) is 4.26. The molecule has 28 heavy (non-hydrogen) atoms. The molecule has 1 saturated carbocycles. The molecule has 1 aromatic heterocycles. The van der Waals surface area contributed by atoms with Crippen LogP contribution in [0.25, 0.3) is 11.1 Å². The SMILES string of the molecule is O=C(CCNC(=O)c1ccc(F)cc1Cl)Nc1ccc2oc(C3CC3)nc2c1. The summed E-state index contributed by atoms with van der Waals surface area (Å²) in [7, 11) is 0. The minimum atomic E-state index is -0.519. The number of hydrogen-bond donors (Lipinski definition) is 2. The van der Waals surface area contributed by atoms with Gasteiger partial charge in [-0.1, -0.05) is 11.6 Å². The molecule has 0 bridgehead atoms. The summed E-state index contributed by atoms with van der Waals surface area (Å²) in [6.45, 7) is 0.121. The molecule has 1 heterocycles. The number of amides is 2. The number of oxazole rings is 1. The fourth-order valence-electron chi connectivity index (χ4n) is 2.81. The lowest BCUT2D eigenvalue weighted by Gasteiger charge is -2.08. The van der Waals surface area contributed by atoms with Gasteiger partial charge in [-0.3, -0.25) is 9.59 Å². The van der Waals surface area contributed by atoms with Crippen molar-refractivity contribution < 1.29 is 18.4 Å². The van der Waals surface area contributed by atoms with Gasteiger partial charge in [0.25, 0.3) is 5.91 Å². The fraction of sp³-hybridized carbons (Fsp3) is 0.250. The lowest BCUT2D eigenvalue weighted by Crippen LogP contribution is -2.27. The van der Waals surface area contributed by atoms with E-state index in [9.17, 15) is 14.0 Å². The van der Waals surface area contributed by atoms with Crippen molar-refractivity contribution in [1.82, 2.24) is 10.3 Å². The second-order valence-corrected chi connectivity index (χ2v) is 7.09. The number of benzene rings is 2. The first-order valence-electron chi connectivity index (χ1n) is 8.93. The molecule has 1 aliphatic carbocycles. The smallest absolute Gasteiger partial charge is 0.252 e. The Balaban J connectivity index is 1.30. The van der Waals surface area contributed by atoms with Gasteiger partial charge < -0.3 is 15.1 Å². The van der Waals surface area contributed by atoms with Crippen molar-refractivity contribution in [2.75, 3.05) is 11.9 Å². The quantitative estimate of drug-likeness (QED) is 0.646. The summed E-state index contributed by atoms with van der Waals surface area (Å²) in [5.41, 5.74) is 2.18. The lowest BCUT2D eigenvalue weighted by atomic mass is 10.2. The largest absolute Gasteiger partial charge is 0.440 e. The first-order chi connectivity index (χ1) is 13.5. The van der Waals surface area contributed by atoms with Crippen molar-refractivity contribution in [3.05, 3.63) is 58.7 Å². The highest BCUT2D eigenvalue weighted by molar-refractivity contribution is 6.33. The maximum Gasteiger partial charge on any atom is 0.252 e. The zero-order chi connectivity index (χ0) is 19.7. The van der Waals surface area contributed by atoms with Crippen LogP contribution in [-0.4, -0.2) is 23.3 Å². The van der Waals surface area contributed by atoms with Crippen LogP contribution in [0.15, 0.2) is 40.8 Å². The van der Waals surface area contributed by atoms with Crippen LogP contribution in [0.3, 0.4) is 0 Å². The van der Waals surface area contributed by atoms with Gasteiger partial charge in [0.2, 0.25) is 5.91 Å². The van der Waals surface area contributed by atoms with Gasteiger partial charge in [-0.05, 0) is 49.2 Å². The second kappa shape index (κ2) is 7.59. The summed E-state index contributed by atoms with van der Waals surface area (Å²) in [6, 6.07) is 8.82. The highest BCUT2D eigenvalue weighted by Crippen LogP contribution is 2.40. The van der Waals surface area contributed by atoms with Crippen LogP contribution >= 0.6 is 11.6 Å². The Morgan fingerprint density at radius 1 is 1.21 bits per heavy atom. The zero-order valence-electron chi connectivity index (χ0n) is 14.8. The van der Waals surface area contributed by atoms with Crippen LogP contribution < -0.4 is 10.6 Å². The number of rotatable bonds is 6. The molecule has 4 rings (SSSR count). The number of fused-ring (bicyclic) bond motifs is 1. The zero-order valence-corrected chi connectivity index (χ0v) is 15.6. The van der Waals surface area contributed by atoms with Crippen LogP contribution in [0, 0.1) is 5.82 Å². The number of halogens is 2. The van der Waals surface area contributed by atoms with E-state index in [1.165, 1.54) is 6.07 Å². The molecule has 144 valence electrons. The molecule has 0 atom stereocenters. The first-order valence-corrected chi connectivity index (χ1v) is 9.31. The Morgan fingerprint density at radius 2 is 2.04 bits per heavy atom. The second-order valence-electron chi connectivity index (χ2n) is 6.69. The maximum atomic E-state index is 13.0. The average molecular weight is 402 g/mol. The summed E-state index contributed by atoms with van der Waals surface area (Å²) in [5, 5.41) is 5.39. The van der Waals surface area contributed by atoms with Gasteiger partial charge in [-0.15, -0.1) is 0 Å². The Kier molecular flexibility index (Phi) is 5.00. The van der Waals surface area contributed by atoms with E-state index in [0.29, 0.717) is 22.7 Å². The molecular formula is C20H17ClFN3O3. The molecule has 6 nitrogen and oxygen atoms in total. The van der Waals surface area contributed by atoms with Crippen molar-refractivity contribution in [1.29, 1.82) is 0 Å². The number of carbonyl (C=O) groups excluding carboxylic acids is 2. The van der Waals surface area contributed by atoms with Gasteiger partial charge in [0, 0.05) is 24.6 Å². The number of anilines is 1. The van der Waals surface area contributed by atoms with Crippen LogP contribution in [0.2, 0.25) is 5.02 Å². The predicted molar refractivity (Wildman–Crippen MR) is 103 cm³/mol. The average Bonchev–Trinajstić information content (AvgIpc) is 3.41. The molecule has 8 heteroatoms. The van der Waals surface area contributed by atoms with Crippen molar-refractivity contribution in [2.45, 2.75) is 25.2 Å². The summed E-state index contributed by atoms with van der Waals surface area (Å²) >= 11 is 5.85. The van der Waals surface area contributed by atoms with E-state index in [4.69, 9.17) is 16.0 Å². The molecule has 2 N–H and O–H groups in total. The van der Waals surface area contributed by atoms with Crippen LogP contribution in [0.5, 0.6) is 0 Å². The topological polar surface area (TPSA) is 84.2 Å². The van der Waals surface area contributed by atoms with E-state index in [0.717, 1.165) is 30.9 Å². The van der Waals surface area contributed by atoms with Crippen molar-refractivity contribution in [3.8, 4) is 0 Å². The molecule has 0 spiro atoms. The highest BCUT2D eigenvalue weighted by Gasteiger charge is 2.28. The Labute approximate surface area is 165 Å². The number of aromatic nitrogens is 1. The number of nitrogens with one attached hydrogen (secondary N) is 2. The van der Waals surface area contributed by atoms with Gasteiger partial charge in [0.05, 0.1) is 10.6 Å². The summed E-state index contributed by atoms with van der Waals surface area (Å²) in [6.07, 6.45) is 2.28. The normalized spacial score (nSPS) is 13.5. The van der Waals surface area contributed by atoms with Gasteiger partial charge in [0.1, 0.15) is 11.3 Å². The Morgan fingerprint density at radius 3 is 2.79 bits per heavy atom. The van der Waals surface area contributed by atoms with Gasteiger partial charge in [-0.2, -0.15) is 0 Å². The van der Waals surface area contributed by atoms with Crippen LogP contribution in [0.1, 0.15) is 41.4 Å². The summed E-state index contributed by atoms with van der Waals surface area (Å²) in [5.74, 6) is -0.0660.